The van der Waals surface area contributed by atoms with Gasteiger partial charge in [0.1, 0.15) is 18.7 Å². The van der Waals surface area contributed by atoms with Crippen molar-refractivity contribution in [1.29, 1.82) is 0 Å². The number of nitrogens with one attached hydrogen (secondary N) is 3. The van der Waals surface area contributed by atoms with Crippen molar-refractivity contribution in [3.63, 3.8) is 0 Å². The van der Waals surface area contributed by atoms with Gasteiger partial charge in [0.15, 0.2) is 0 Å². The number of hydrogen-bond acceptors (Lipinski definition) is 7. The van der Waals surface area contributed by atoms with E-state index in [9.17, 15) is 24.0 Å². The summed E-state index contributed by atoms with van der Waals surface area (Å²) in [7, 11) is 0. The molecule has 1 fully saturated rings. The molecule has 58 heavy (non-hydrogen) atoms. The third kappa shape index (κ3) is 12.3. The first-order valence-corrected chi connectivity index (χ1v) is 19.5. The fraction of sp³-hybridized carbons (Fsp3) is 0.261. The molecule has 0 spiro atoms. The minimum absolute atomic E-state index is 0.0600. The number of benzene rings is 4. The topological polar surface area (TPSA) is 150 Å². The molecule has 1 saturated heterocycles. The summed E-state index contributed by atoms with van der Waals surface area (Å²) in [6.07, 6.45) is 4.57. The molecule has 1 aromatic heterocycles. The van der Waals surface area contributed by atoms with Crippen molar-refractivity contribution >= 4 is 29.7 Å². The number of aromatic nitrogens is 1. The van der Waals surface area contributed by atoms with E-state index in [1.807, 2.05) is 127 Å². The Morgan fingerprint density at radius 2 is 1.31 bits per heavy atom. The highest BCUT2D eigenvalue weighted by atomic mass is 16.5. The maximum absolute atomic E-state index is 14.3. The van der Waals surface area contributed by atoms with Crippen molar-refractivity contribution in [2.75, 3.05) is 6.54 Å². The number of rotatable bonds is 16. The number of nitrogens with zero attached hydrogens (tertiary/aromatic N) is 3. The number of carbonyl (C=O) groups is 5. The van der Waals surface area contributed by atoms with Gasteiger partial charge < -0.3 is 20.3 Å². The molecule has 3 atom stereocenters. The van der Waals surface area contributed by atoms with Crippen LogP contribution in [0.5, 0.6) is 0 Å². The number of urea groups is 1. The molecule has 5 aromatic rings. The van der Waals surface area contributed by atoms with Crippen LogP contribution in [0.15, 0.2) is 146 Å². The molecular weight excluding hydrogens is 733 g/mol. The van der Waals surface area contributed by atoms with E-state index in [1.165, 1.54) is 9.91 Å². The molecular formula is C46H48N6O6. The lowest BCUT2D eigenvalue weighted by Crippen LogP contribution is -2.58. The van der Waals surface area contributed by atoms with Gasteiger partial charge in [-0.1, -0.05) is 127 Å². The number of carbonyl (C=O) groups excluding carboxylic acids is 5. The van der Waals surface area contributed by atoms with Gasteiger partial charge in [-0.25, -0.2) is 9.80 Å². The molecule has 0 aliphatic carbocycles. The van der Waals surface area contributed by atoms with Crippen molar-refractivity contribution in [3.05, 3.63) is 174 Å². The zero-order chi connectivity index (χ0) is 40.5. The number of amides is 5. The van der Waals surface area contributed by atoms with Crippen LogP contribution >= 0.6 is 0 Å². The van der Waals surface area contributed by atoms with Gasteiger partial charge in [-0.05, 0) is 53.1 Å². The van der Waals surface area contributed by atoms with Crippen LogP contribution in [0.25, 0.3) is 0 Å². The number of ether oxygens (including phenoxy) is 1. The van der Waals surface area contributed by atoms with Gasteiger partial charge in [0, 0.05) is 31.4 Å². The first kappa shape index (κ1) is 40.8. The monoisotopic (exact) mass is 780 g/mol. The standard InChI is InChI=1S/C46H48N6O6/c53-42(29-35-17-7-2-8-18-35)50-52(32-36-19-9-3-10-20-36)46(57)51-26-14-24-41(51)45(56)49-40(28-38-23-13-25-47-31-38)44(55)48-39(27-34-15-5-1-6-16-34)30-43(54)58-33-37-21-11-4-12-22-37/h1-13,15-23,25,31,39-41H,14,24,26-30,32-33H2,(H,48,55)(H,49,56)(H,50,53)/t39-,40-,41-/m0/s1. The van der Waals surface area contributed by atoms with Crippen LogP contribution < -0.4 is 16.1 Å². The fourth-order valence-electron chi connectivity index (χ4n) is 6.92. The van der Waals surface area contributed by atoms with Gasteiger partial charge in [0.2, 0.25) is 17.7 Å². The van der Waals surface area contributed by atoms with Gasteiger partial charge in [-0.15, -0.1) is 0 Å². The summed E-state index contributed by atoms with van der Waals surface area (Å²) in [5, 5.41) is 7.20. The van der Waals surface area contributed by atoms with Gasteiger partial charge in [-0.3, -0.25) is 29.6 Å². The highest BCUT2D eigenvalue weighted by Gasteiger charge is 2.38. The SMILES string of the molecule is O=C(Cc1ccccc1)NN(Cc1ccccc1)C(=O)N1CCC[C@H]1C(=O)N[C@@H](Cc1cccnc1)C(=O)N[C@H](CC(=O)OCc1ccccc1)Cc1ccccc1. The fourth-order valence-corrected chi connectivity index (χ4v) is 6.92. The zero-order valence-electron chi connectivity index (χ0n) is 32.2. The second-order valence-corrected chi connectivity index (χ2v) is 14.3. The molecule has 0 unspecified atom stereocenters. The molecule has 5 amide bonds. The van der Waals surface area contributed by atoms with Crippen LogP contribution in [0.3, 0.4) is 0 Å². The Kier molecular flexibility index (Phi) is 14.7. The summed E-state index contributed by atoms with van der Waals surface area (Å²) >= 11 is 0. The number of esters is 1. The lowest BCUT2D eigenvalue weighted by molar-refractivity contribution is -0.145. The minimum Gasteiger partial charge on any atom is -0.461 e. The van der Waals surface area contributed by atoms with Crippen LogP contribution in [-0.2, 0) is 56.3 Å². The molecule has 6 rings (SSSR count). The Morgan fingerprint density at radius 1 is 0.707 bits per heavy atom. The van der Waals surface area contributed by atoms with Crippen molar-refractivity contribution in [1.82, 2.24) is 31.0 Å². The van der Waals surface area contributed by atoms with E-state index in [2.05, 4.69) is 21.0 Å². The molecule has 0 bridgehead atoms. The van der Waals surface area contributed by atoms with Crippen molar-refractivity contribution in [2.45, 2.75) is 69.8 Å². The average molecular weight is 781 g/mol. The second-order valence-electron chi connectivity index (χ2n) is 14.3. The Hall–Kier alpha value is -6.82. The number of likely N-dealkylation sites (tertiary alicyclic amines) is 1. The normalized spacial score (nSPS) is 14.4. The van der Waals surface area contributed by atoms with Gasteiger partial charge in [0.05, 0.1) is 19.4 Å². The highest BCUT2D eigenvalue weighted by Crippen LogP contribution is 2.21. The van der Waals surface area contributed by atoms with E-state index >= 15 is 0 Å². The first-order valence-electron chi connectivity index (χ1n) is 19.5. The van der Waals surface area contributed by atoms with E-state index in [-0.39, 0.29) is 44.9 Å². The molecule has 12 nitrogen and oxygen atoms in total. The van der Waals surface area contributed by atoms with E-state index in [0.717, 1.165) is 22.3 Å². The molecule has 4 aromatic carbocycles. The molecule has 2 heterocycles. The van der Waals surface area contributed by atoms with Crippen molar-refractivity contribution in [3.8, 4) is 0 Å². The molecule has 0 radical (unpaired) electrons. The third-order valence-electron chi connectivity index (χ3n) is 9.81. The summed E-state index contributed by atoms with van der Waals surface area (Å²) < 4.78 is 5.57. The summed E-state index contributed by atoms with van der Waals surface area (Å²) in [6.45, 7) is 0.454. The smallest absolute Gasteiger partial charge is 0.339 e. The van der Waals surface area contributed by atoms with Crippen molar-refractivity contribution < 1.29 is 28.7 Å². The average Bonchev–Trinajstić information content (AvgIpc) is 3.75. The van der Waals surface area contributed by atoms with Gasteiger partial charge in [0.25, 0.3) is 0 Å². The Bertz CT molecular complexity index is 2090. The third-order valence-corrected chi connectivity index (χ3v) is 9.81. The quantitative estimate of drug-likeness (QED) is 0.0906. The van der Waals surface area contributed by atoms with Crippen LogP contribution in [0.4, 0.5) is 4.79 Å². The molecule has 3 N–H and O–H groups in total. The summed E-state index contributed by atoms with van der Waals surface area (Å²) in [4.78, 5) is 74.7. The summed E-state index contributed by atoms with van der Waals surface area (Å²) in [5.74, 6) is -1.86. The lowest BCUT2D eigenvalue weighted by atomic mass is 10.0. The maximum atomic E-state index is 14.3. The first-order chi connectivity index (χ1) is 28.3. The molecule has 12 heteroatoms. The largest absolute Gasteiger partial charge is 0.461 e. The Morgan fingerprint density at radius 3 is 1.95 bits per heavy atom. The number of pyridine rings is 1. The minimum atomic E-state index is -1.07. The number of hydrazine groups is 1. The maximum Gasteiger partial charge on any atom is 0.339 e. The van der Waals surface area contributed by atoms with Crippen LogP contribution in [0.2, 0.25) is 0 Å². The predicted octanol–water partition coefficient (Wildman–Crippen LogP) is 5.33. The van der Waals surface area contributed by atoms with Gasteiger partial charge in [-0.2, -0.15) is 0 Å². The van der Waals surface area contributed by atoms with E-state index in [1.54, 1.807) is 18.5 Å². The lowest BCUT2D eigenvalue weighted by Gasteiger charge is -2.32. The van der Waals surface area contributed by atoms with Crippen LogP contribution in [0.1, 0.15) is 47.1 Å². The Balaban J connectivity index is 1.17. The molecule has 0 saturated carbocycles. The molecule has 298 valence electrons. The van der Waals surface area contributed by atoms with Crippen LogP contribution in [-0.4, -0.2) is 69.3 Å². The van der Waals surface area contributed by atoms with E-state index in [0.29, 0.717) is 24.8 Å². The second kappa shape index (κ2) is 20.9. The predicted molar refractivity (Wildman–Crippen MR) is 218 cm³/mol. The van der Waals surface area contributed by atoms with Crippen LogP contribution in [0, 0.1) is 0 Å². The summed E-state index contributed by atoms with van der Waals surface area (Å²) in [6, 6.07) is 37.7. The molecule has 1 aliphatic heterocycles. The van der Waals surface area contributed by atoms with Gasteiger partial charge >= 0.3 is 12.0 Å². The zero-order valence-corrected chi connectivity index (χ0v) is 32.2. The molecule has 1 aliphatic rings. The highest BCUT2D eigenvalue weighted by molar-refractivity contribution is 5.93. The Labute approximate surface area is 338 Å². The van der Waals surface area contributed by atoms with E-state index < -0.39 is 41.9 Å². The number of hydrogen-bond donors (Lipinski definition) is 3. The van der Waals surface area contributed by atoms with Crippen molar-refractivity contribution in [2.24, 2.45) is 0 Å². The van der Waals surface area contributed by atoms with E-state index in [4.69, 9.17) is 4.74 Å². The summed E-state index contributed by atoms with van der Waals surface area (Å²) in [5.41, 5.74) is 6.82.